The number of hydrogen-bond acceptors (Lipinski definition) is 3. The Kier molecular flexibility index (Phi) is 4.44. The number of aryl methyl sites for hydroxylation is 1. The topological polar surface area (TPSA) is 61.3 Å². The number of benzene rings is 1. The van der Waals surface area contributed by atoms with Crippen LogP contribution < -0.4 is 5.32 Å². The molecule has 0 aliphatic heterocycles. The first-order valence-electron chi connectivity index (χ1n) is 8.07. The van der Waals surface area contributed by atoms with Crippen LogP contribution >= 0.6 is 0 Å². The number of nitrogens with one attached hydrogen (secondary N) is 2. The largest absolute Gasteiger partial charge is 0.459 e. The maximum absolute atomic E-state index is 12.5. The number of furan rings is 1. The van der Waals surface area contributed by atoms with E-state index in [1.54, 1.807) is 0 Å². The molecule has 3 aromatic rings. The highest BCUT2D eigenvalue weighted by atomic mass is 16.3. The maximum Gasteiger partial charge on any atom is 0.268 e. The van der Waals surface area contributed by atoms with E-state index >= 15 is 0 Å². The molecular weight excluding hydrogens is 302 g/mol. The molecule has 126 valence electrons. The van der Waals surface area contributed by atoms with Crippen molar-refractivity contribution in [2.24, 2.45) is 0 Å². The Morgan fingerprint density at radius 1 is 1.25 bits per heavy atom. The van der Waals surface area contributed by atoms with Gasteiger partial charge in [0.2, 0.25) is 0 Å². The maximum atomic E-state index is 12.5. The van der Waals surface area contributed by atoms with Gasteiger partial charge in [0.25, 0.3) is 5.91 Å². The normalized spacial score (nSPS) is 12.7. The van der Waals surface area contributed by atoms with Crippen LogP contribution in [0.25, 0.3) is 11.0 Å². The fourth-order valence-electron chi connectivity index (χ4n) is 2.95. The molecule has 5 heteroatoms. The molecule has 0 saturated carbocycles. The highest BCUT2D eigenvalue weighted by Gasteiger charge is 2.19. The van der Waals surface area contributed by atoms with Crippen LogP contribution in [-0.4, -0.2) is 29.9 Å². The standard InChI is InChI=1S/C19H23N3O2/c1-12-15-7-5-6-8-17(15)24-18(12)13(2)20-19(23)16-10-9-14(21-16)11-22(3)4/h5-10,13,21H,11H2,1-4H3,(H,20,23)/t13-/m0/s1. The van der Waals surface area contributed by atoms with E-state index in [4.69, 9.17) is 4.42 Å². The number of aromatic amines is 1. The van der Waals surface area contributed by atoms with Gasteiger partial charge in [-0.05, 0) is 46.1 Å². The van der Waals surface area contributed by atoms with Crippen LogP contribution in [0, 0.1) is 6.92 Å². The van der Waals surface area contributed by atoms with Crippen molar-refractivity contribution in [2.75, 3.05) is 14.1 Å². The number of carbonyl (C=O) groups excluding carboxylic acids is 1. The second-order valence-corrected chi connectivity index (χ2v) is 6.42. The van der Waals surface area contributed by atoms with Crippen LogP contribution in [-0.2, 0) is 6.54 Å². The zero-order valence-corrected chi connectivity index (χ0v) is 14.5. The van der Waals surface area contributed by atoms with E-state index in [-0.39, 0.29) is 11.9 Å². The number of fused-ring (bicyclic) bond motifs is 1. The van der Waals surface area contributed by atoms with Crippen LogP contribution in [0.4, 0.5) is 0 Å². The minimum Gasteiger partial charge on any atom is -0.459 e. The highest BCUT2D eigenvalue weighted by Crippen LogP contribution is 2.29. The molecule has 0 unspecified atom stereocenters. The molecule has 0 aliphatic rings. The Morgan fingerprint density at radius 3 is 2.71 bits per heavy atom. The molecule has 5 nitrogen and oxygen atoms in total. The molecule has 0 saturated heterocycles. The van der Waals surface area contributed by atoms with E-state index in [9.17, 15) is 4.79 Å². The van der Waals surface area contributed by atoms with Gasteiger partial charge < -0.3 is 19.6 Å². The summed E-state index contributed by atoms with van der Waals surface area (Å²) in [6, 6.07) is 11.5. The first kappa shape index (κ1) is 16.3. The Labute approximate surface area is 141 Å². The lowest BCUT2D eigenvalue weighted by atomic mass is 10.1. The average Bonchev–Trinajstić information content (AvgIpc) is 3.12. The van der Waals surface area contributed by atoms with Gasteiger partial charge in [0, 0.05) is 23.2 Å². The zero-order chi connectivity index (χ0) is 17.3. The van der Waals surface area contributed by atoms with E-state index < -0.39 is 0 Å². The lowest BCUT2D eigenvalue weighted by Gasteiger charge is -2.12. The number of para-hydroxylation sites is 1. The predicted molar refractivity (Wildman–Crippen MR) is 95.0 cm³/mol. The van der Waals surface area contributed by atoms with Crippen molar-refractivity contribution < 1.29 is 9.21 Å². The summed E-state index contributed by atoms with van der Waals surface area (Å²) in [5.41, 5.74) is 3.49. The molecule has 2 heterocycles. The van der Waals surface area contributed by atoms with E-state index in [0.29, 0.717) is 5.69 Å². The van der Waals surface area contributed by atoms with E-state index in [0.717, 1.165) is 34.5 Å². The molecule has 0 spiro atoms. The van der Waals surface area contributed by atoms with Gasteiger partial charge in [-0.1, -0.05) is 18.2 Å². The van der Waals surface area contributed by atoms with E-state index in [1.165, 1.54) is 0 Å². The number of aromatic nitrogens is 1. The Balaban J connectivity index is 1.75. The minimum atomic E-state index is -0.203. The van der Waals surface area contributed by atoms with Crippen molar-refractivity contribution in [1.29, 1.82) is 0 Å². The van der Waals surface area contributed by atoms with Gasteiger partial charge in [-0.3, -0.25) is 4.79 Å². The highest BCUT2D eigenvalue weighted by molar-refractivity contribution is 5.93. The lowest BCUT2D eigenvalue weighted by molar-refractivity contribution is 0.0931. The van der Waals surface area contributed by atoms with E-state index in [1.807, 2.05) is 69.2 Å². The molecule has 0 radical (unpaired) electrons. The molecule has 0 fully saturated rings. The quantitative estimate of drug-likeness (QED) is 0.753. The molecule has 0 bridgehead atoms. The first-order chi connectivity index (χ1) is 11.5. The molecule has 24 heavy (non-hydrogen) atoms. The van der Waals surface area contributed by atoms with E-state index in [2.05, 4.69) is 10.3 Å². The molecular formula is C19H23N3O2. The molecule has 1 atom stereocenters. The van der Waals surface area contributed by atoms with Gasteiger partial charge in [0.15, 0.2) is 0 Å². The number of hydrogen-bond donors (Lipinski definition) is 2. The molecule has 1 amide bonds. The van der Waals surface area contributed by atoms with Crippen molar-refractivity contribution in [2.45, 2.75) is 26.4 Å². The number of carbonyl (C=O) groups is 1. The number of rotatable bonds is 5. The van der Waals surface area contributed by atoms with Crippen LogP contribution in [0.5, 0.6) is 0 Å². The fourth-order valence-corrected chi connectivity index (χ4v) is 2.95. The van der Waals surface area contributed by atoms with Gasteiger partial charge in [-0.25, -0.2) is 0 Å². The minimum absolute atomic E-state index is 0.132. The number of nitrogens with zero attached hydrogens (tertiary/aromatic N) is 1. The monoisotopic (exact) mass is 325 g/mol. The summed E-state index contributed by atoms with van der Waals surface area (Å²) >= 11 is 0. The summed E-state index contributed by atoms with van der Waals surface area (Å²) in [6.45, 7) is 4.73. The second-order valence-electron chi connectivity index (χ2n) is 6.42. The fraction of sp³-hybridized carbons (Fsp3) is 0.316. The van der Waals surface area contributed by atoms with Crippen LogP contribution in [0.3, 0.4) is 0 Å². The van der Waals surface area contributed by atoms with Crippen molar-refractivity contribution >= 4 is 16.9 Å². The van der Waals surface area contributed by atoms with Gasteiger partial charge >= 0.3 is 0 Å². The summed E-state index contributed by atoms with van der Waals surface area (Å²) < 4.78 is 5.92. The Morgan fingerprint density at radius 2 is 2.00 bits per heavy atom. The summed E-state index contributed by atoms with van der Waals surface area (Å²) in [6.07, 6.45) is 0. The summed E-state index contributed by atoms with van der Waals surface area (Å²) in [5.74, 6) is 0.664. The summed E-state index contributed by atoms with van der Waals surface area (Å²) in [4.78, 5) is 17.7. The van der Waals surface area contributed by atoms with Gasteiger partial charge in [0.1, 0.15) is 17.0 Å². The SMILES string of the molecule is Cc1c([C@H](C)NC(=O)c2ccc(CN(C)C)[nH]2)oc2ccccc12. The number of H-pyrrole nitrogens is 1. The molecule has 2 aromatic heterocycles. The summed E-state index contributed by atoms with van der Waals surface area (Å²) in [7, 11) is 3.99. The van der Waals surface area contributed by atoms with Crippen molar-refractivity contribution in [3.63, 3.8) is 0 Å². The van der Waals surface area contributed by atoms with Crippen molar-refractivity contribution in [3.05, 3.63) is 59.1 Å². The third-order valence-corrected chi connectivity index (χ3v) is 4.10. The Bertz CT molecular complexity index is 861. The van der Waals surface area contributed by atoms with Crippen molar-refractivity contribution in [1.82, 2.24) is 15.2 Å². The predicted octanol–water partition coefficient (Wildman–Crippen LogP) is 3.62. The third-order valence-electron chi connectivity index (χ3n) is 4.10. The van der Waals surface area contributed by atoms with Crippen LogP contribution in [0.1, 0.15) is 40.5 Å². The van der Waals surface area contributed by atoms with Crippen LogP contribution in [0.15, 0.2) is 40.8 Å². The first-order valence-corrected chi connectivity index (χ1v) is 8.07. The lowest BCUT2D eigenvalue weighted by Crippen LogP contribution is -2.27. The molecule has 0 aliphatic carbocycles. The third kappa shape index (κ3) is 3.21. The smallest absolute Gasteiger partial charge is 0.268 e. The van der Waals surface area contributed by atoms with Gasteiger partial charge in [-0.15, -0.1) is 0 Å². The summed E-state index contributed by atoms with van der Waals surface area (Å²) in [5, 5.41) is 4.09. The number of amides is 1. The van der Waals surface area contributed by atoms with Gasteiger partial charge in [-0.2, -0.15) is 0 Å². The second kappa shape index (κ2) is 6.53. The molecule has 3 rings (SSSR count). The zero-order valence-electron chi connectivity index (χ0n) is 14.5. The van der Waals surface area contributed by atoms with Crippen LogP contribution in [0.2, 0.25) is 0 Å². The average molecular weight is 325 g/mol. The van der Waals surface area contributed by atoms with Crippen molar-refractivity contribution in [3.8, 4) is 0 Å². The molecule has 1 aromatic carbocycles. The van der Waals surface area contributed by atoms with Gasteiger partial charge in [0.05, 0.1) is 6.04 Å². The Hall–Kier alpha value is -2.53. The molecule has 2 N–H and O–H groups in total.